The number of piperidine rings is 1. The molecule has 24 heavy (non-hydrogen) atoms. The van der Waals surface area contributed by atoms with Crippen LogP contribution in [0.2, 0.25) is 0 Å². The Bertz CT molecular complexity index is 800. The van der Waals surface area contributed by atoms with Gasteiger partial charge in [-0.2, -0.15) is 5.10 Å². The molecule has 6 heteroatoms. The van der Waals surface area contributed by atoms with Crippen LogP contribution in [0.3, 0.4) is 0 Å². The number of aromatic nitrogens is 5. The normalized spacial score (nSPS) is 19.2. The molecule has 3 aromatic rings. The summed E-state index contributed by atoms with van der Waals surface area (Å²) in [5.74, 6) is 1.86. The zero-order chi connectivity index (χ0) is 16.5. The molecule has 0 aromatic carbocycles. The Morgan fingerprint density at radius 1 is 1.17 bits per heavy atom. The third kappa shape index (κ3) is 3.06. The van der Waals surface area contributed by atoms with Crippen LogP contribution in [0.4, 0.5) is 0 Å². The van der Waals surface area contributed by atoms with Gasteiger partial charge in [0.25, 0.3) is 0 Å². The molecule has 0 amide bonds. The van der Waals surface area contributed by atoms with Crippen molar-refractivity contribution in [2.75, 3.05) is 6.54 Å². The average Bonchev–Trinajstić information content (AvgIpc) is 3.11. The van der Waals surface area contributed by atoms with Crippen molar-refractivity contribution in [3.8, 4) is 0 Å². The Morgan fingerprint density at radius 2 is 2.08 bits per heavy atom. The second-order valence-electron chi connectivity index (χ2n) is 6.71. The van der Waals surface area contributed by atoms with Gasteiger partial charge in [-0.05, 0) is 45.4 Å². The van der Waals surface area contributed by atoms with Gasteiger partial charge >= 0.3 is 0 Å². The predicted octanol–water partition coefficient (Wildman–Crippen LogP) is 2.60. The number of likely N-dealkylation sites (tertiary alicyclic amines) is 1. The molecule has 0 bridgehead atoms. The number of hydrogen-bond donors (Lipinski definition) is 0. The van der Waals surface area contributed by atoms with Crippen molar-refractivity contribution in [2.24, 2.45) is 0 Å². The first-order valence-corrected chi connectivity index (χ1v) is 8.74. The highest BCUT2D eigenvalue weighted by atomic mass is 15.4. The number of hydrogen-bond acceptors (Lipinski definition) is 4. The summed E-state index contributed by atoms with van der Waals surface area (Å²) < 4.78 is 4.15. The molecule has 0 N–H and O–H groups in total. The summed E-state index contributed by atoms with van der Waals surface area (Å²) in [6.45, 7) is 6.94. The summed E-state index contributed by atoms with van der Waals surface area (Å²) in [5, 5.41) is 4.54. The molecule has 0 aliphatic carbocycles. The Labute approximate surface area is 142 Å². The molecule has 0 radical (unpaired) electrons. The van der Waals surface area contributed by atoms with Crippen LogP contribution in [0.25, 0.3) is 5.65 Å². The van der Waals surface area contributed by atoms with E-state index in [0.717, 1.165) is 42.6 Å². The number of nitrogens with zero attached hydrogens (tertiary/aromatic N) is 6. The summed E-state index contributed by atoms with van der Waals surface area (Å²) >= 11 is 0. The Balaban J connectivity index is 1.52. The van der Waals surface area contributed by atoms with Gasteiger partial charge in [0.15, 0.2) is 0 Å². The van der Waals surface area contributed by atoms with Crippen LogP contribution >= 0.6 is 0 Å². The van der Waals surface area contributed by atoms with Crippen molar-refractivity contribution in [3.05, 3.63) is 47.9 Å². The molecule has 4 heterocycles. The summed E-state index contributed by atoms with van der Waals surface area (Å²) in [6.07, 6.45) is 7.97. The molecule has 0 spiro atoms. The van der Waals surface area contributed by atoms with Crippen LogP contribution in [-0.4, -0.2) is 41.6 Å². The minimum absolute atomic E-state index is 0.503. The molecule has 0 unspecified atom stereocenters. The number of rotatable bonds is 4. The molecule has 126 valence electrons. The van der Waals surface area contributed by atoms with Crippen LogP contribution in [0.1, 0.15) is 36.6 Å². The summed E-state index contributed by atoms with van der Waals surface area (Å²) in [6, 6.07) is 6.63. The van der Waals surface area contributed by atoms with E-state index in [1.807, 2.05) is 26.0 Å². The maximum atomic E-state index is 4.76. The van der Waals surface area contributed by atoms with Crippen LogP contribution in [0.15, 0.2) is 30.6 Å². The first-order valence-electron chi connectivity index (χ1n) is 8.74. The summed E-state index contributed by atoms with van der Waals surface area (Å²) in [4.78, 5) is 11.7. The van der Waals surface area contributed by atoms with E-state index in [2.05, 4.69) is 42.5 Å². The van der Waals surface area contributed by atoms with E-state index < -0.39 is 0 Å². The van der Waals surface area contributed by atoms with Crippen molar-refractivity contribution in [1.29, 1.82) is 0 Å². The monoisotopic (exact) mass is 324 g/mol. The second kappa shape index (κ2) is 6.36. The first kappa shape index (κ1) is 15.3. The van der Waals surface area contributed by atoms with Crippen LogP contribution in [-0.2, 0) is 13.1 Å². The van der Waals surface area contributed by atoms with E-state index in [-0.39, 0.29) is 0 Å². The summed E-state index contributed by atoms with van der Waals surface area (Å²) in [7, 11) is 0. The number of imidazole rings is 1. The molecular formula is C18H24N6. The van der Waals surface area contributed by atoms with Crippen LogP contribution in [0, 0.1) is 13.8 Å². The fourth-order valence-electron chi connectivity index (χ4n) is 3.68. The molecule has 1 atom stereocenters. The van der Waals surface area contributed by atoms with Crippen molar-refractivity contribution in [1.82, 2.24) is 29.0 Å². The van der Waals surface area contributed by atoms with Crippen molar-refractivity contribution in [2.45, 2.75) is 52.2 Å². The quantitative estimate of drug-likeness (QED) is 0.740. The van der Waals surface area contributed by atoms with E-state index in [1.54, 1.807) is 0 Å². The second-order valence-corrected chi connectivity index (χ2v) is 6.71. The van der Waals surface area contributed by atoms with Gasteiger partial charge in [-0.3, -0.25) is 4.90 Å². The molecule has 1 aliphatic heterocycles. The standard InChI is InChI=1S/C18H24N6/c1-14-19-15(2)24(21-14)13-17-7-3-5-9-22(17)11-16-12-23-10-6-4-8-18(23)20-16/h4,6,8,10,12,17H,3,5,7,9,11,13H2,1-2H3/t17-/m1/s1. The highest BCUT2D eigenvalue weighted by molar-refractivity contribution is 5.39. The highest BCUT2D eigenvalue weighted by Crippen LogP contribution is 2.21. The lowest BCUT2D eigenvalue weighted by Crippen LogP contribution is -2.42. The average molecular weight is 324 g/mol. The molecule has 0 saturated carbocycles. The van der Waals surface area contributed by atoms with E-state index in [0.29, 0.717) is 6.04 Å². The Kier molecular flexibility index (Phi) is 4.06. The lowest BCUT2D eigenvalue weighted by molar-refractivity contribution is 0.120. The zero-order valence-corrected chi connectivity index (χ0v) is 14.4. The van der Waals surface area contributed by atoms with E-state index in [1.165, 1.54) is 19.3 Å². The van der Waals surface area contributed by atoms with Gasteiger partial charge in [0.1, 0.15) is 17.3 Å². The van der Waals surface area contributed by atoms with Gasteiger partial charge in [0, 0.05) is 25.0 Å². The van der Waals surface area contributed by atoms with Gasteiger partial charge in [-0.1, -0.05) is 12.5 Å². The van der Waals surface area contributed by atoms with E-state index in [9.17, 15) is 0 Å². The van der Waals surface area contributed by atoms with E-state index in [4.69, 9.17) is 4.98 Å². The Morgan fingerprint density at radius 3 is 2.88 bits per heavy atom. The van der Waals surface area contributed by atoms with Crippen molar-refractivity contribution in [3.63, 3.8) is 0 Å². The van der Waals surface area contributed by atoms with Gasteiger partial charge in [-0.25, -0.2) is 14.6 Å². The van der Waals surface area contributed by atoms with Crippen molar-refractivity contribution < 1.29 is 0 Å². The minimum atomic E-state index is 0.503. The van der Waals surface area contributed by atoms with Crippen molar-refractivity contribution >= 4 is 5.65 Å². The molecule has 1 saturated heterocycles. The number of fused-ring (bicyclic) bond motifs is 1. The minimum Gasteiger partial charge on any atom is -0.307 e. The summed E-state index contributed by atoms with van der Waals surface area (Å²) in [5.41, 5.74) is 2.16. The highest BCUT2D eigenvalue weighted by Gasteiger charge is 2.24. The van der Waals surface area contributed by atoms with Crippen LogP contribution in [0.5, 0.6) is 0 Å². The number of pyridine rings is 1. The molecule has 1 aliphatic rings. The fraction of sp³-hybridized carbons (Fsp3) is 0.500. The van der Waals surface area contributed by atoms with Crippen LogP contribution < -0.4 is 0 Å². The lowest BCUT2D eigenvalue weighted by atomic mass is 10.0. The maximum absolute atomic E-state index is 4.76. The first-order chi connectivity index (χ1) is 11.7. The topological polar surface area (TPSA) is 51.2 Å². The number of aryl methyl sites for hydroxylation is 2. The van der Waals surface area contributed by atoms with E-state index >= 15 is 0 Å². The SMILES string of the molecule is Cc1nc(C)n(C[C@H]2CCCCN2Cc2cn3ccccc3n2)n1. The predicted molar refractivity (Wildman–Crippen MR) is 92.7 cm³/mol. The third-order valence-corrected chi connectivity index (χ3v) is 4.87. The molecule has 4 rings (SSSR count). The van der Waals surface area contributed by atoms with Gasteiger partial charge < -0.3 is 4.40 Å². The molecule has 1 fully saturated rings. The largest absolute Gasteiger partial charge is 0.307 e. The third-order valence-electron chi connectivity index (χ3n) is 4.87. The van der Waals surface area contributed by atoms with Gasteiger partial charge in [0.2, 0.25) is 0 Å². The van der Waals surface area contributed by atoms with Gasteiger partial charge in [0.05, 0.1) is 12.2 Å². The zero-order valence-electron chi connectivity index (χ0n) is 14.4. The lowest BCUT2D eigenvalue weighted by Gasteiger charge is -2.35. The maximum Gasteiger partial charge on any atom is 0.147 e. The fourth-order valence-corrected chi connectivity index (χ4v) is 3.68. The Hall–Kier alpha value is -2.21. The molecule has 6 nitrogen and oxygen atoms in total. The molecule has 3 aromatic heterocycles. The molecular weight excluding hydrogens is 300 g/mol. The van der Waals surface area contributed by atoms with Gasteiger partial charge in [-0.15, -0.1) is 0 Å². The smallest absolute Gasteiger partial charge is 0.147 e.